The van der Waals surface area contributed by atoms with Crippen LogP contribution in [0, 0.1) is 0 Å². The first-order valence-electron chi connectivity index (χ1n) is 5.50. The molecule has 1 saturated heterocycles. The van der Waals surface area contributed by atoms with Gasteiger partial charge in [0.25, 0.3) is 5.91 Å². The summed E-state index contributed by atoms with van der Waals surface area (Å²) in [6.45, 7) is 0. The van der Waals surface area contributed by atoms with Crippen molar-refractivity contribution in [3.05, 3.63) is 50.2 Å². The lowest BCUT2D eigenvalue weighted by Crippen LogP contribution is -2.17. The van der Waals surface area contributed by atoms with Crippen LogP contribution in [0.15, 0.2) is 38.6 Å². The minimum Gasteiger partial charge on any atom is -0.463 e. The van der Waals surface area contributed by atoms with Crippen LogP contribution in [0.25, 0.3) is 17.0 Å². The van der Waals surface area contributed by atoms with Gasteiger partial charge in [-0.05, 0) is 24.3 Å². The molecule has 1 aliphatic heterocycles. The van der Waals surface area contributed by atoms with Crippen molar-refractivity contribution in [1.29, 1.82) is 0 Å². The standard InChI is InChI=1S/C13H6ClNO3S2/c14-7-1-2-9-8(4-7)11(16)6(5-18-9)3-10-12(17)15-13(19)20-10/h1-5H,(H,15,17,19)/b10-3+. The number of halogens is 1. The summed E-state index contributed by atoms with van der Waals surface area (Å²) in [4.78, 5) is 24.3. The fourth-order valence-corrected chi connectivity index (χ4v) is 2.99. The van der Waals surface area contributed by atoms with Gasteiger partial charge >= 0.3 is 0 Å². The van der Waals surface area contributed by atoms with E-state index >= 15 is 0 Å². The molecule has 2 heterocycles. The molecular weight excluding hydrogens is 318 g/mol. The summed E-state index contributed by atoms with van der Waals surface area (Å²) in [5, 5.41) is 3.31. The molecule has 7 heteroatoms. The van der Waals surface area contributed by atoms with Crippen LogP contribution in [-0.4, -0.2) is 10.2 Å². The topological polar surface area (TPSA) is 59.3 Å². The Hall–Kier alpha value is -1.63. The molecule has 0 radical (unpaired) electrons. The van der Waals surface area contributed by atoms with E-state index < -0.39 is 0 Å². The van der Waals surface area contributed by atoms with Crippen LogP contribution >= 0.6 is 35.6 Å². The Morgan fingerprint density at radius 3 is 2.85 bits per heavy atom. The molecule has 3 rings (SSSR count). The lowest BCUT2D eigenvalue weighted by atomic mass is 10.1. The normalized spacial score (nSPS) is 16.9. The van der Waals surface area contributed by atoms with Gasteiger partial charge in [0.1, 0.15) is 16.2 Å². The molecule has 1 amide bonds. The number of nitrogens with one attached hydrogen (secondary N) is 1. The highest BCUT2D eigenvalue weighted by molar-refractivity contribution is 8.26. The summed E-state index contributed by atoms with van der Waals surface area (Å²) in [5.74, 6) is -0.314. The fourth-order valence-electron chi connectivity index (χ4n) is 1.78. The number of thiocarbonyl (C=S) groups is 1. The zero-order valence-electron chi connectivity index (χ0n) is 9.81. The Balaban J connectivity index is 2.16. The van der Waals surface area contributed by atoms with Gasteiger partial charge in [-0.2, -0.15) is 0 Å². The van der Waals surface area contributed by atoms with Crippen molar-refractivity contribution in [2.75, 3.05) is 0 Å². The summed E-state index contributed by atoms with van der Waals surface area (Å²) in [7, 11) is 0. The molecule has 1 aromatic heterocycles. The van der Waals surface area contributed by atoms with Crippen molar-refractivity contribution in [2.24, 2.45) is 0 Å². The maximum Gasteiger partial charge on any atom is 0.263 e. The van der Waals surface area contributed by atoms with E-state index in [4.69, 9.17) is 28.2 Å². The van der Waals surface area contributed by atoms with E-state index in [2.05, 4.69) is 5.32 Å². The van der Waals surface area contributed by atoms with E-state index in [0.717, 1.165) is 11.8 Å². The molecule has 0 unspecified atom stereocenters. The highest BCUT2D eigenvalue weighted by atomic mass is 35.5. The molecule has 0 spiro atoms. The summed E-state index contributed by atoms with van der Waals surface area (Å²) in [6, 6.07) is 4.81. The first-order chi connectivity index (χ1) is 9.54. The van der Waals surface area contributed by atoms with Crippen molar-refractivity contribution in [1.82, 2.24) is 5.32 Å². The van der Waals surface area contributed by atoms with Crippen molar-refractivity contribution >= 4 is 62.9 Å². The number of hydrogen-bond acceptors (Lipinski definition) is 5. The third-order valence-electron chi connectivity index (χ3n) is 2.69. The highest BCUT2D eigenvalue weighted by Gasteiger charge is 2.22. The SMILES string of the molecule is O=C1NC(=S)S/C1=C/c1coc2ccc(Cl)cc2c1=O. The van der Waals surface area contributed by atoms with Gasteiger partial charge in [-0.15, -0.1) is 0 Å². The monoisotopic (exact) mass is 323 g/mol. The molecule has 20 heavy (non-hydrogen) atoms. The highest BCUT2D eigenvalue weighted by Crippen LogP contribution is 2.26. The molecule has 0 atom stereocenters. The molecule has 2 aromatic rings. The minimum atomic E-state index is -0.314. The van der Waals surface area contributed by atoms with Crippen molar-refractivity contribution in [3.8, 4) is 0 Å². The van der Waals surface area contributed by atoms with Crippen LogP contribution in [0.4, 0.5) is 0 Å². The molecule has 1 aliphatic rings. The van der Waals surface area contributed by atoms with E-state index in [9.17, 15) is 9.59 Å². The summed E-state index contributed by atoms with van der Waals surface area (Å²) in [5.41, 5.74) is 0.482. The minimum absolute atomic E-state index is 0.243. The Morgan fingerprint density at radius 2 is 2.15 bits per heavy atom. The molecule has 1 fully saturated rings. The van der Waals surface area contributed by atoms with Crippen LogP contribution in [0.3, 0.4) is 0 Å². The lowest BCUT2D eigenvalue weighted by Gasteiger charge is -1.99. The second-order valence-corrected chi connectivity index (χ2v) is 6.17. The predicted molar refractivity (Wildman–Crippen MR) is 83.8 cm³/mol. The zero-order valence-corrected chi connectivity index (χ0v) is 12.2. The maximum atomic E-state index is 12.3. The van der Waals surface area contributed by atoms with Crippen LogP contribution in [0.2, 0.25) is 5.02 Å². The summed E-state index contributed by atoms with van der Waals surface area (Å²) < 4.78 is 5.74. The molecule has 1 aromatic carbocycles. The van der Waals surface area contributed by atoms with E-state index in [1.165, 1.54) is 18.4 Å². The number of hydrogen-bond donors (Lipinski definition) is 1. The number of thioether (sulfide) groups is 1. The van der Waals surface area contributed by atoms with Crippen molar-refractivity contribution < 1.29 is 9.21 Å². The van der Waals surface area contributed by atoms with Gasteiger partial charge in [-0.1, -0.05) is 35.6 Å². The van der Waals surface area contributed by atoms with Crippen LogP contribution in [0.5, 0.6) is 0 Å². The molecule has 100 valence electrons. The average Bonchev–Trinajstić information content (AvgIpc) is 2.72. The predicted octanol–water partition coefficient (Wildman–Crippen LogP) is 2.94. The average molecular weight is 324 g/mol. The molecule has 0 bridgehead atoms. The number of carbonyl (C=O) groups is 1. The first-order valence-corrected chi connectivity index (χ1v) is 7.11. The maximum absolute atomic E-state index is 12.3. The number of carbonyl (C=O) groups excluding carboxylic acids is 1. The van der Waals surface area contributed by atoms with Crippen LogP contribution in [-0.2, 0) is 4.79 Å². The van der Waals surface area contributed by atoms with Gasteiger partial charge in [0.05, 0.1) is 15.9 Å². The smallest absolute Gasteiger partial charge is 0.263 e. The molecular formula is C13H6ClNO3S2. The third-order valence-corrected chi connectivity index (χ3v) is 4.09. The van der Waals surface area contributed by atoms with Gasteiger partial charge in [0.2, 0.25) is 0 Å². The Morgan fingerprint density at radius 1 is 1.35 bits per heavy atom. The fraction of sp³-hybridized carbons (Fsp3) is 0. The lowest BCUT2D eigenvalue weighted by molar-refractivity contribution is -0.115. The van der Waals surface area contributed by atoms with Crippen molar-refractivity contribution in [3.63, 3.8) is 0 Å². The van der Waals surface area contributed by atoms with E-state index in [1.54, 1.807) is 12.1 Å². The molecule has 0 aliphatic carbocycles. The quantitative estimate of drug-likeness (QED) is 0.646. The second-order valence-electron chi connectivity index (χ2n) is 4.01. The summed E-state index contributed by atoms with van der Waals surface area (Å²) in [6.07, 6.45) is 2.78. The van der Waals surface area contributed by atoms with Crippen molar-refractivity contribution in [2.45, 2.75) is 0 Å². The number of benzene rings is 1. The first kappa shape index (κ1) is 13.4. The van der Waals surface area contributed by atoms with Gasteiger partial charge in [0.15, 0.2) is 5.43 Å². The number of amides is 1. The molecule has 4 nitrogen and oxygen atoms in total. The molecule has 1 N–H and O–H groups in total. The Kier molecular flexibility index (Phi) is 3.37. The van der Waals surface area contributed by atoms with Crippen LogP contribution in [0.1, 0.15) is 5.56 Å². The largest absolute Gasteiger partial charge is 0.463 e. The van der Waals surface area contributed by atoms with Gasteiger partial charge in [0, 0.05) is 5.02 Å². The van der Waals surface area contributed by atoms with Crippen LogP contribution < -0.4 is 10.7 Å². The van der Waals surface area contributed by atoms with E-state index in [0.29, 0.717) is 25.2 Å². The third kappa shape index (κ3) is 2.37. The Labute approximate surface area is 127 Å². The Bertz CT molecular complexity index is 841. The van der Waals surface area contributed by atoms with E-state index in [-0.39, 0.29) is 16.9 Å². The zero-order chi connectivity index (χ0) is 14.3. The van der Waals surface area contributed by atoms with Gasteiger partial charge in [-0.25, -0.2) is 0 Å². The summed E-state index contributed by atoms with van der Waals surface area (Å²) >= 11 is 11.9. The molecule has 0 saturated carbocycles. The second kappa shape index (κ2) is 5.05. The van der Waals surface area contributed by atoms with Gasteiger partial charge < -0.3 is 9.73 Å². The van der Waals surface area contributed by atoms with Gasteiger partial charge in [-0.3, -0.25) is 9.59 Å². The number of rotatable bonds is 1. The van der Waals surface area contributed by atoms with E-state index in [1.807, 2.05) is 0 Å². The number of fused-ring (bicyclic) bond motifs is 1.